The lowest BCUT2D eigenvalue weighted by atomic mass is 9.99. The highest BCUT2D eigenvalue weighted by Crippen LogP contribution is 2.27. The van der Waals surface area contributed by atoms with Gasteiger partial charge in [0.2, 0.25) is 5.91 Å². The summed E-state index contributed by atoms with van der Waals surface area (Å²) in [6, 6.07) is 7.93. The van der Waals surface area contributed by atoms with E-state index in [1.54, 1.807) is 17.2 Å². The molecule has 0 saturated carbocycles. The minimum absolute atomic E-state index is 0.0994. The second-order valence-electron chi connectivity index (χ2n) is 8.60. The summed E-state index contributed by atoms with van der Waals surface area (Å²) in [5.41, 5.74) is 2.59. The van der Waals surface area contributed by atoms with Crippen molar-refractivity contribution in [3.63, 3.8) is 0 Å². The van der Waals surface area contributed by atoms with Crippen molar-refractivity contribution >= 4 is 34.1 Å². The lowest BCUT2D eigenvalue weighted by Crippen LogP contribution is -2.36. The number of hydrogen-bond donors (Lipinski definition) is 1. The lowest BCUT2D eigenvalue weighted by Gasteiger charge is -2.31. The molecule has 3 aromatic rings. The van der Waals surface area contributed by atoms with Crippen LogP contribution in [0, 0.1) is 5.92 Å². The average Bonchev–Trinajstić information content (AvgIpc) is 3.23. The summed E-state index contributed by atoms with van der Waals surface area (Å²) in [4.78, 5) is 26.2. The molecule has 9 nitrogen and oxygen atoms in total. The number of anilines is 3. The molecular weight excluding hydrogens is 406 g/mol. The van der Waals surface area contributed by atoms with Gasteiger partial charge in [-0.15, -0.1) is 0 Å². The van der Waals surface area contributed by atoms with Crippen LogP contribution >= 0.6 is 0 Å². The number of fused-ring (bicyclic) bond motifs is 1. The van der Waals surface area contributed by atoms with E-state index in [2.05, 4.69) is 37.1 Å². The summed E-state index contributed by atoms with van der Waals surface area (Å²) in [6.07, 6.45) is 5.65. The molecule has 0 unspecified atom stereocenters. The predicted octanol–water partition coefficient (Wildman–Crippen LogP) is 2.54. The van der Waals surface area contributed by atoms with Gasteiger partial charge in [0.05, 0.1) is 24.8 Å². The monoisotopic (exact) mass is 435 g/mol. The topological polar surface area (TPSA) is 88.4 Å². The third kappa shape index (κ3) is 4.38. The first-order valence-corrected chi connectivity index (χ1v) is 11.3. The summed E-state index contributed by atoms with van der Waals surface area (Å²) in [6.45, 7) is 7.63. The molecule has 168 valence electrons. The molecule has 1 N–H and O–H groups in total. The van der Waals surface area contributed by atoms with E-state index in [-0.39, 0.29) is 12.5 Å². The molecule has 0 aliphatic carbocycles. The number of piperidine rings is 1. The van der Waals surface area contributed by atoms with E-state index in [4.69, 9.17) is 4.74 Å². The first kappa shape index (κ1) is 20.7. The van der Waals surface area contributed by atoms with E-state index in [0.717, 1.165) is 80.7 Å². The van der Waals surface area contributed by atoms with E-state index in [1.165, 1.54) is 0 Å². The van der Waals surface area contributed by atoms with Crippen LogP contribution in [0.4, 0.5) is 17.2 Å². The summed E-state index contributed by atoms with van der Waals surface area (Å²) in [5.74, 6) is 1.52. The fourth-order valence-corrected chi connectivity index (χ4v) is 4.38. The van der Waals surface area contributed by atoms with Crippen molar-refractivity contribution in [2.75, 3.05) is 54.5 Å². The van der Waals surface area contributed by atoms with Crippen LogP contribution < -0.4 is 15.1 Å². The second kappa shape index (κ2) is 9.12. The predicted molar refractivity (Wildman–Crippen MR) is 124 cm³/mol. The van der Waals surface area contributed by atoms with Crippen molar-refractivity contribution in [3.8, 4) is 0 Å². The van der Waals surface area contributed by atoms with Crippen molar-refractivity contribution in [3.05, 3.63) is 36.8 Å². The molecule has 9 heteroatoms. The number of carbonyl (C=O) groups is 1. The van der Waals surface area contributed by atoms with Crippen LogP contribution in [-0.2, 0) is 16.1 Å². The largest absolute Gasteiger partial charge is 0.378 e. The number of aromatic nitrogens is 4. The van der Waals surface area contributed by atoms with Crippen molar-refractivity contribution in [1.29, 1.82) is 0 Å². The number of nitrogens with zero attached hydrogens (tertiary/aromatic N) is 6. The first-order valence-electron chi connectivity index (χ1n) is 11.3. The highest BCUT2D eigenvalue weighted by atomic mass is 16.5. The molecule has 2 aliphatic heterocycles. The Balaban J connectivity index is 1.25. The number of rotatable bonds is 5. The van der Waals surface area contributed by atoms with Crippen molar-refractivity contribution < 1.29 is 9.53 Å². The van der Waals surface area contributed by atoms with Gasteiger partial charge in [0, 0.05) is 37.6 Å². The van der Waals surface area contributed by atoms with Gasteiger partial charge in [0.1, 0.15) is 18.7 Å². The molecule has 2 aromatic heterocycles. The summed E-state index contributed by atoms with van der Waals surface area (Å²) in [7, 11) is 0. The maximum absolute atomic E-state index is 12.7. The van der Waals surface area contributed by atoms with Gasteiger partial charge >= 0.3 is 0 Å². The normalized spacial score (nSPS) is 17.7. The molecule has 2 aliphatic rings. The number of amides is 1. The number of morpholine rings is 1. The van der Waals surface area contributed by atoms with Gasteiger partial charge in [0.25, 0.3) is 0 Å². The Morgan fingerprint density at radius 2 is 1.81 bits per heavy atom. The fourth-order valence-electron chi connectivity index (χ4n) is 4.38. The fraction of sp³-hybridized carbons (Fsp3) is 0.478. The smallest absolute Gasteiger partial charge is 0.246 e. The van der Waals surface area contributed by atoms with Crippen molar-refractivity contribution in [1.82, 2.24) is 19.7 Å². The minimum Gasteiger partial charge on any atom is -0.378 e. The van der Waals surface area contributed by atoms with Crippen LogP contribution in [0.3, 0.4) is 0 Å². The van der Waals surface area contributed by atoms with Gasteiger partial charge in [-0.1, -0.05) is 6.92 Å². The van der Waals surface area contributed by atoms with Crippen LogP contribution in [0.2, 0.25) is 0 Å². The van der Waals surface area contributed by atoms with Gasteiger partial charge < -0.3 is 19.9 Å². The Kier molecular flexibility index (Phi) is 5.89. The molecule has 5 rings (SSSR count). The summed E-state index contributed by atoms with van der Waals surface area (Å²) >= 11 is 0. The molecule has 32 heavy (non-hydrogen) atoms. The second-order valence-corrected chi connectivity index (χ2v) is 8.60. The van der Waals surface area contributed by atoms with Crippen LogP contribution in [0.15, 0.2) is 36.8 Å². The highest BCUT2D eigenvalue weighted by molar-refractivity contribution is 5.92. The Labute approximate surface area is 187 Å². The minimum atomic E-state index is -0.138. The molecule has 1 aromatic carbocycles. The summed E-state index contributed by atoms with van der Waals surface area (Å²) < 4.78 is 7.05. The maximum Gasteiger partial charge on any atom is 0.246 e. The van der Waals surface area contributed by atoms with Gasteiger partial charge in [-0.25, -0.2) is 14.6 Å². The molecule has 0 atom stereocenters. The number of ether oxygens (including phenoxy) is 1. The molecule has 1 amide bonds. The number of nitrogens with one attached hydrogen (secondary N) is 1. The molecule has 0 bridgehead atoms. The Hall–Kier alpha value is -3.20. The SMILES string of the molecule is CC1CCN(c2ncnc3c2cnn3CC(=O)Nc2ccc(N3CCOCC3)cc2)CC1. The lowest BCUT2D eigenvalue weighted by molar-refractivity contribution is -0.116. The van der Waals surface area contributed by atoms with Crippen LogP contribution in [0.5, 0.6) is 0 Å². The van der Waals surface area contributed by atoms with Crippen LogP contribution in [0.1, 0.15) is 19.8 Å². The third-order valence-corrected chi connectivity index (χ3v) is 6.32. The van der Waals surface area contributed by atoms with Gasteiger partial charge in [-0.05, 0) is 43.0 Å². The first-order chi connectivity index (χ1) is 15.7. The maximum atomic E-state index is 12.7. The quantitative estimate of drug-likeness (QED) is 0.659. The van der Waals surface area contributed by atoms with Gasteiger partial charge in [0.15, 0.2) is 5.65 Å². The number of carbonyl (C=O) groups excluding carboxylic acids is 1. The van der Waals surface area contributed by atoms with Crippen LogP contribution in [0.25, 0.3) is 11.0 Å². The Morgan fingerprint density at radius 3 is 2.56 bits per heavy atom. The zero-order chi connectivity index (χ0) is 21.9. The molecule has 2 saturated heterocycles. The van der Waals surface area contributed by atoms with E-state index in [9.17, 15) is 4.79 Å². The van der Waals surface area contributed by atoms with Crippen molar-refractivity contribution in [2.45, 2.75) is 26.3 Å². The standard InChI is InChI=1S/C23H29N7O2/c1-17-6-8-29(9-7-17)22-20-14-26-30(23(20)25-16-24-22)15-21(31)27-18-2-4-19(5-3-18)28-10-12-32-13-11-28/h2-5,14,16-17H,6-13,15H2,1H3,(H,27,31). The molecule has 0 spiro atoms. The van der Waals surface area contributed by atoms with E-state index < -0.39 is 0 Å². The zero-order valence-electron chi connectivity index (χ0n) is 18.4. The average molecular weight is 436 g/mol. The molecule has 0 radical (unpaired) electrons. The summed E-state index contributed by atoms with van der Waals surface area (Å²) in [5, 5.41) is 8.29. The van der Waals surface area contributed by atoms with Gasteiger partial charge in [-0.2, -0.15) is 5.10 Å². The van der Waals surface area contributed by atoms with E-state index in [0.29, 0.717) is 5.65 Å². The molecule has 2 fully saturated rings. The Bertz CT molecular complexity index is 1070. The highest BCUT2D eigenvalue weighted by Gasteiger charge is 2.21. The van der Waals surface area contributed by atoms with Crippen molar-refractivity contribution in [2.24, 2.45) is 5.92 Å². The third-order valence-electron chi connectivity index (χ3n) is 6.32. The van der Waals surface area contributed by atoms with E-state index >= 15 is 0 Å². The van der Waals surface area contributed by atoms with Crippen LogP contribution in [-0.4, -0.2) is 65.0 Å². The van der Waals surface area contributed by atoms with Gasteiger partial charge in [-0.3, -0.25) is 4.79 Å². The Morgan fingerprint density at radius 1 is 1.06 bits per heavy atom. The molecule has 4 heterocycles. The number of benzene rings is 1. The number of hydrogen-bond acceptors (Lipinski definition) is 7. The molecular formula is C23H29N7O2. The van der Waals surface area contributed by atoms with E-state index in [1.807, 2.05) is 24.3 Å². The zero-order valence-corrected chi connectivity index (χ0v) is 18.4.